The van der Waals surface area contributed by atoms with Gasteiger partial charge in [0.05, 0.1) is 13.2 Å². The molecule has 1 saturated heterocycles. The number of ether oxygens (including phenoxy) is 2. The fourth-order valence-electron chi connectivity index (χ4n) is 1.71. The quantitative estimate of drug-likeness (QED) is 0.550. The van der Waals surface area contributed by atoms with Gasteiger partial charge in [-0.25, -0.2) is 0 Å². The minimum Gasteiger partial charge on any atom is -0.417 e. The van der Waals surface area contributed by atoms with Gasteiger partial charge in [-0.2, -0.15) is 0 Å². The first-order valence-electron chi connectivity index (χ1n) is 6.94. The minimum atomic E-state index is -1.67. The zero-order chi connectivity index (χ0) is 13.9. The molecule has 0 radical (unpaired) electrons. The third-order valence-corrected chi connectivity index (χ3v) is 8.69. The van der Waals surface area contributed by atoms with Crippen LogP contribution in [0.2, 0.25) is 18.1 Å². The Morgan fingerprint density at radius 2 is 1.74 bits per heavy atom. The molecule has 0 atom stereocenters. The van der Waals surface area contributed by atoms with Crippen molar-refractivity contribution in [3.8, 4) is 0 Å². The molecule has 0 spiro atoms. The van der Waals surface area contributed by atoms with E-state index in [9.17, 15) is 0 Å². The van der Waals surface area contributed by atoms with Crippen molar-refractivity contribution in [3.63, 3.8) is 0 Å². The summed E-state index contributed by atoms with van der Waals surface area (Å²) >= 11 is 0. The zero-order valence-corrected chi connectivity index (χ0v) is 14.7. The van der Waals surface area contributed by atoms with E-state index in [4.69, 9.17) is 13.9 Å². The number of rotatable bonds is 5. The van der Waals surface area contributed by atoms with E-state index in [1.807, 2.05) is 0 Å². The van der Waals surface area contributed by atoms with Gasteiger partial charge in [0, 0.05) is 13.0 Å². The SMILES string of the molecule is [CH2-]CC1(CCO[Si](C)(C)C(C)(C)C)OCCCO1.[Li+]. The molecule has 19 heavy (non-hydrogen) atoms. The Bertz CT molecular complexity index is 258. The Hall–Kier alpha value is 0.694. The van der Waals surface area contributed by atoms with Crippen molar-refractivity contribution in [2.45, 2.75) is 64.0 Å². The third kappa shape index (κ3) is 5.53. The van der Waals surface area contributed by atoms with Gasteiger partial charge in [0.15, 0.2) is 8.32 Å². The third-order valence-electron chi connectivity index (χ3n) is 4.15. The molecule has 108 valence electrons. The van der Waals surface area contributed by atoms with Crippen molar-refractivity contribution in [2.75, 3.05) is 19.8 Å². The van der Waals surface area contributed by atoms with Gasteiger partial charge in [0.2, 0.25) is 0 Å². The summed E-state index contributed by atoms with van der Waals surface area (Å²) in [7, 11) is -1.67. The molecule has 0 bridgehead atoms. The molecule has 0 aromatic rings. The Kier molecular flexibility index (Phi) is 7.91. The predicted molar refractivity (Wildman–Crippen MR) is 77.0 cm³/mol. The molecule has 0 N–H and O–H groups in total. The molecule has 1 heterocycles. The molecular formula is C14H29LiO3Si. The van der Waals surface area contributed by atoms with Crippen molar-refractivity contribution >= 4 is 8.32 Å². The van der Waals surface area contributed by atoms with E-state index in [1.165, 1.54) is 0 Å². The summed E-state index contributed by atoms with van der Waals surface area (Å²) in [5, 5.41) is 0.249. The predicted octanol–water partition coefficient (Wildman–Crippen LogP) is 0.760. The molecule has 1 rings (SSSR count). The second-order valence-electron chi connectivity index (χ2n) is 6.57. The van der Waals surface area contributed by atoms with E-state index in [0.717, 1.165) is 26.1 Å². The van der Waals surface area contributed by atoms with E-state index >= 15 is 0 Å². The van der Waals surface area contributed by atoms with Gasteiger partial charge in [-0.15, -0.1) is 6.42 Å². The smallest absolute Gasteiger partial charge is 0.417 e. The maximum Gasteiger partial charge on any atom is 1.00 e. The van der Waals surface area contributed by atoms with Crippen molar-refractivity contribution in [1.29, 1.82) is 0 Å². The Morgan fingerprint density at radius 3 is 2.16 bits per heavy atom. The average molecular weight is 280 g/mol. The van der Waals surface area contributed by atoms with E-state index < -0.39 is 14.1 Å². The summed E-state index contributed by atoms with van der Waals surface area (Å²) in [6, 6.07) is 0. The second kappa shape index (κ2) is 7.63. The molecule has 0 saturated carbocycles. The van der Waals surface area contributed by atoms with Gasteiger partial charge in [0.25, 0.3) is 0 Å². The number of hydrogen-bond acceptors (Lipinski definition) is 3. The molecule has 3 nitrogen and oxygen atoms in total. The van der Waals surface area contributed by atoms with Crippen LogP contribution in [0.1, 0.15) is 40.0 Å². The molecule has 0 aromatic heterocycles. The molecule has 0 unspecified atom stereocenters. The van der Waals surface area contributed by atoms with Crippen LogP contribution in [0.4, 0.5) is 0 Å². The molecular weight excluding hydrogens is 251 g/mol. The fourth-order valence-corrected chi connectivity index (χ4v) is 2.75. The van der Waals surface area contributed by atoms with Crippen molar-refractivity contribution < 1.29 is 32.8 Å². The summed E-state index contributed by atoms with van der Waals surface area (Å²) in [6.07, 6.45) is 2.40. The molecule has 1 aliphatic rings. The summed E-state index contributed by atoms with van der Waals surface area (Å²) < 4.78 is 17.7. The summed E-state index contributed by atoms with van der Waals surface area (Å²) in [6.45, 7) is 17.5. The largest absolute Gasteiger partial charge is 1.00 e. The van der Waals surface area contributed by atoms with Gasteiger partial charge >= 0.3 is 18.9 Å². The van der Waals surface area contributed by atoms with Crippen LogP contribution in [0.25, 0.3) is 0 Å². The Labute approximate surface area is 132 Å². The van der Waals surface area contributed by atoms with Crippen LogP contribution >= 0.6 is 0 Å². The standard InChI is InChI=1S/C14H29O3Si.Li/c1-7-14(15-10-8-11-16-14)9-12-17-18(5,6)13(2,3)4;/h1,7-12H2,2-6H3;/q-1;+1. The van der Waals surface area contributed by atoms with Crippen molar-refractivity contribution in [2.24, 2.45) is 0 Å². The molecule has 0 amide bonds. The van der Waals surface area contributed by atoms with Crippen molar-refractivity contribution in [1.82, 2.24) is 0 Å². The molecule has 5 heteroatoms. The molecule has 1 fully saturated rings. The summed E-state index contributed by atoms with van der Waals surface area (Å²) in [5.74, 6) is -0.499. The van der Waals surface area contributed by atoms with Crippen LogP contribution in [0, 0.1) is 6.92 Å². The second-order valence-corrected chi connectivity index (χ2v) is 11.4. The average Bonchev–Trinajstić information content (AvgIpc) is 2.28. The summed E-state index contributed by atoms with van der Waals surface area (Å²) in [4.78, 5) is 0. The van der Waals surface area contributed by atoms with Gasteiger partial charge in [0.1, 0.15) is 5.79 Å². The van der Waals surface area contributed by atoms with Crippen LogP contribution in [-0.4, -0.2) is 33.9 Å². The van der Waals surface area contributed by atoms with Crippen molar-refractivity contribution in [3.05, 3.63) is 6.92 Å². The zero-order valence-electron chi connectivity index (χ0n) is 13.7. The summed E-state index contributed by atoms with van der Waals surface area (Å²) in [5.41, 5.74) is 0. The Morgan fingerprint density at radius 1 is 1.21 bits per heavy atom. The van der Waals surface area contributed by atoms with E-state index in [2.05, 4.69) is 40.8 Å². The molecule has 0 aliphatic carbocycles. The van der Waals surface area contributed by atoms with Crippen LogP contribution < -0.4 is 18.9 Å². The van der Waals surface area contributed by atoms with Crippen LogP contribution in [0.3, 0.4) is 0 Å². The maximum atomic E-state index is 6.17. The number of hydrogen-bond donors (Lipinski definition) is 0. The first kappa shape index (κ1) is 19.7. The normalized spacial score (nSPS) is 19.9. The minimum absolute atomic E-state index is 0. The van der Waals surface area contributed by atoms with Crippen LogP contribution in [0.15, 0.2) is 0 Å². The van der Waals surface area contributed by atoms with E-state index in [-0.39, 0.29) is 23.9 Å². The Balaban J connectivity index is 0.00000324. The van der Waals surface area contributed by atoms with Gasteiger partial charge < -0.3 is 20.8 Å². The van der Waals surface area contributed by atoms with Gasteiger partial charge in [-0.05, 0) is 24.6 Å². The first-order valence-corrected chi connectivity index (χ1v) is 9.84. The fraction of sp³-hybridized carbons (Fsp3) is 0.929. The van der Waals surface area contributed by atoms with Gasteiger partial charge in [-0.1, -0.05) is 20.8 Å². The monoisotopic (exact) mass is 280 g/mol. The van der Waals surface area contributed by atoms with Crippen LogP contribution in [0.5, 0.6) is 0 Å². The topological polar surface area (TPSA) is 27.7 Å². The molecule has 1 aliphatic heterocycles. The first-order chi connectivity index (χ1) is 8.22. The van der Waals surface area contributed by atoms with E-state index in [1.54, 1.807) is 0 Å². The van der Waals surface area contributed by atoms with E-state index in [0.29, 0.717) is 13.0 Å². The maximum absolute atomic E-state index is 6.17. The van der Waals surface area contributed by atoms with Gasteiger partial charge in [-0.3, -0.25) is 0 Å². The molecule has 0 aromatic carbocycles. The van der Waals surface area contributed by atoms with Crippen LogP contribution in [-0.2, 0) is 13.9 Å².